The van der Waals surface area contributed by atoms with Crippen LogP contribution in [-0.4, -0.2) is 11.6 Å². The predicted octanol–water partition coefficient (Wildman–Crippen LogP) is 1.89. The Morgan fingerprint density at radius 1 is 1.36 bits per heavy atom. The zero-order valence-electron chi connectivity index (χ0n) is 8.92. The van der Waals surface area contributed by atoms with E-state index >= 15 is 0 Å². The van der Waals surface area contributed by atoms with Crippen molar-refractivity contribution in [1.82, 2.24) is 4.98 Å². The Balaban J connectivity index is 2.81. The van der Waals surface area contributed by atoms with Gasteiger partial charge in [0.15, 0.2) is 0 Å². The number of rotatable bonds is 5. The van der Waals surface area contributed by atoms with Crippen molar-refractivity contribution in [3.05, 3.63) is 23.4 Å². The van der Waals surface area contributed by atoms with E-state index in [9.17, 15) is 0 Å². The van der Waals surface area contributed by atoms with E-state index in [1.807, 2.05) is 12.1 Å². The summed E-state index contributed by atoms with van der Waals surface area (Å²) < 4.78 is 5.47. The first-order valence-electron chi connectivity index (χ1n) is 5.12. The summed E-state index contributed by atoms with van der Waals surface area (Å²) in [6.07, 6.45) is 1.91. The van der Waals surface area contributed by atoms with Gasteiger partial charge in [-0.2, -0.15) is 0 Å². The summed E-state index contributed by atoms with van der Waals surface area (Å²) in [5, 5.41) is 0. The highest BCUT2D eigenvalue weighted by molar-refractivity contribution is 5.25. The number of pyridine rings is 1. The summed E-state index contributed by atoms with van der Waals surface area (Å²) in [6.45, 7) is 5.40. The molecule has 0 aliphatic heterocycles. The van der Waals surface area contributed by atoms with E-state index in [4.69, 9.17) is 10.5 Å². The highest BCUT2D eigenvalue weighted by Gasteiger charge is 2.01. The van der Waals surface area contributed by atoms with Gasteiger partial charge in [-0.25, -0.2) is 4.98 Å². The second-order valence-electron chi connectivity index (χ2n) is 3.21. The molecular formula is C11H18N2O. The van der Waals surface area contributed by atoms with Gasteiger partial charge in [-0.3, -0.25) is 0 Å². The molecule has 0 aliphatic carbocycles. The van der Waals surface area contributed by atoms with Crippen molar-refractivity contribution in [3.8, 4) is 5.88 Å². The lowest BCUT2D eigenvalue weighted by Crippen LogP contribution is -2.03. The van der Waals surface area contributed by atoms with Crippen molar-refractivity contribution in [3.63, 3.8) is 0 Å². The highest BCUT2D eigenvalue weighted by atomic mass is 16.5. The molecule has 0 saturated heterocycles. The molecule has 1 rings (SSSR count). The Kier molecular flexibility index (Phi) is 4.40. The Labute approximate surface area is 85.3 Å². The summed E-state index contributed by atoms with van der Waals surface area (Å²) in [6, 6.07) is 3.94. The third-order valence-corrected chi connectivity index (χ3v) is 1.97. The summed E-state index contributed by atoms with van der Waals surface area (Å²) in [5.74, 6) is 0.701. The van der Waals surface area contributed by atoms with Crippen LogP contribution in [0.2, 0.25) is 0 Å². The minimum Gasteiger partial charge on any atom is -0.478 e. The number of aryl methyl sites for hydroxylation is 1. The Hall–Kier alpha value is -1.09. The molecule has 0 radical (unpaired) electrons. The molecule has 0 bridgehead atoms. The number of hydrogen-bond donors (Lipinski definition) is 1. The van der Waals surface area contributed by atoms with E-state index < -0.39 is 0 Å². The molecule has 0 spiro atoms. The lowest BCUT2D eigenvalue weighted by atomic mass is 10.2. The van der Waals surface area contributed by atoms with Crippen molar-refractivity contribution in [2.75, 3.05) is 6.61 Å². The maximum absolute atomic E-state index is 5.59. The third-order valence-electron chi connectivity index (χ3n) is 1.97. The molecule has 1 aromatic rings. The predicted molar refractivity (Wildman–Crippen MR) is 57.3 cm³/mol. The third kappa shape index (κ3) is 3.00. The number of ether oxygens (including phenoxy) is 1. The van der Waals surface area contributed by atoms with Crippen LogP contribution in [-0.2, 0) is 13.0 Å². The Bertz CT molecular complexity index is 264. The van der Waals surface area contributed by atoms with E-state index in [0.717, 1.165) is 24.1 Å². The number of hydrogen-bond acceptors (Lipinski definition) is 3. The van der Waals surface area contributed by atoms with Crippen molar-refractivity contribution in [2.45, 2.75) is 33.2 Å². The molecule has 1 heterocycles. The first kappa shape index (κ1) is 11.0. The van der Waals surface area contributed by atoms with Crippen LogP contribution >= 0.6 is 0 Å². The van der Waals surface area contributed by atoms with Crippen LogP contribution in [0.15, 0.2) is 12.1 Å². The van der Waals surface area contributed by atoms with Gasteiger partial charge in [-0.15, -0.1) is 0 Å². The fraction of sp³-hybridized carbons (Fsp3) is 0.545. The Morgan fingerprint density at radius 2 is 2.14 bits per heavy atom. The second-order valence-corrected chi connectivity index (χ2v) is 3.21. The van der Waals surface area contributed by atoms with Crippen molar-refractivity contribution < 1.29 is 4.74 Å². The molecular weight excluding hydrogens is 176 g/mol. The van der Waals surface area contributed by atoms with Gasteiger partial charge in [0.2, 0.25) is 5.88 Å². The maximum atomic E-state index is 5.59. The fourth-order valence-corrected chi connectivity index (χ4v) is 1.20. The largest absolute Gasteiger partial charge is 0.478 e. The molecule has 0 aromatic carbocycles. The average molecular weight is 194 g/mol. The smallest absolute Gasteiger partial charge is 0.213 e. The van der Waals surface area contributed by atoms with E-state index in [1.54, 1.807) is 0 Å². The topological polar surface area (TPSA) is 48.1 Å². The highest BCUT2D eigenvalue weighted by Crippen LogP contribution is 2.13. The first-order chi connectivity index (χ1) is 6.80. The van der Waals surface area contributed by atoms with Gasteiger partial charge in [0, 0.05) is 18.3 Å². The molecule has 1 aromatic heterocycles. The lowest BCUT2D eigenvalue weighted by molar-refractivity contribution is 0.304. The quantitative estimate of drug-likeness (QED) is 0.778. The monoisotopic (exact) mass is 194 g/mol. The minimum absolute atomic E-state index is 0.540. The van der Waals surface area contributed by atoms with E-state index in [2.05, 4.69) is 18.8 Å². The minimum atomic E-state index is 0.540. The standard InChI is InChI=1S/C11H18N2O/c1-3-5-14-11-7-9(8-12)6-10(4-2)13-11/h6-7H,3-5,8,12H2,1-2H3. The van der Waals surface area contributed by atoms with Crippen molar-refractivity contribution in [1.29, 1.82) is 0 Å². The second kappa shape index (κ2) is 5.60. The summed E-state index contributed by atoms with van der Waals surface area (Å²) in [7, 11) is 0. The summed E-state index contributed by atoms with van der Waals surface area (Å²) in [5.41, 5.74) is 7.71. The van der Waals surface area contributed by atoms with Crippen LogP contribution in [0.1, 0.15) is 31.5 Å². The van der Waals surface area contributed by atoms with Gasteiger partial charge in [0.25, 0.3) is 0 Å². The zero-order valence-corrected chi connectivity index (χ0v) is 8.92. The molecule has 0 unspecified atom stereocenters. The number of nitrogens with zero attached hydrogens (tertiary/aromatic N) is 1. The average Bonchev–Trinajstić information content (AvgIpc) is 2.25. The molecule has 3 nitrogen and oxygen atoms in total. The molecule has 78 valence electrons. The molecule has 0 aliphatic rings. The van der Waals surface area contributed by atoms with E-state index in [1.165, 1.54) is 0 Å². The first-order valence-corrected chi connectivity index (χ1v) is 5.12. The normalized spacial score (nSPS) is 10.2. The SMILES string of the molecule is CCCOc1cc(CN)cc(CC)n1. The maximum Gasteiger partial charge on any atom is 0.213 e. The van der Waals surface area contributed by atoms with Crippen LogP contribution in [0.25, 0.3) is 0 Å². The van der Waals surface area contributed by atoms with Crippen LogP contribution in [0, 0.1) is 0 Å². The van der Waals surface area contributed by atoms with Gasteiger partial charge in [-0.1, -0.05) is 13.8 Å². The molecule has 14 heavy (non-hydrogen) atoms. The molecule has 2 N–H and O–H groups in total. The Morgan fingerprint density at radius 3 is 2.71 bits per heavy atom. The number of aromatic nitrogens is 1. The van der Waals surface area contributed by atoms with Gasteiger partial charge < -0.3 is 10.5 Å². The van der Waals surface area contributed by atoms with Crippen LogP contribution in [0.3, 0.4) is 0 Å². The number of nitrogens with two attached hydrogens (primary N) is 1. The summed E-state index contributed by atoms with van der Waals surface area (Å²) in [4.78, 5) is 4.36. The van der Waals surface area contributed by atoms with Gasteiger partial charge in [-0.05, 0) is 24.5 Å². The van der Waals surface area contributed by atoms with Crippen LogP contribution in [0.4, 0.5) is 0 Å². The molecule has 0 fully saturated rings. The lowest BCUT2D eigenvalue weighted by Gasteiger charge is -2.07. The van der Waals surface area contributed by atoms with Gasteiger partial charge in [0.1, 0.15) is 0 Å². The zero-order chi connectivity index (χ0) is 10.4. The molecule has 0 amide bonds. The summed E-state index contributed by atoms with van der Waals surface area (Å²) >= 11 is 0. The van der Waals surface area contributed by atoms with Crippen molar-refractivity contribution >= 4 is 0 Å². The van der Waals surface area contributed by atoms with Crippen LogP contribution < -0.4 is 10.5 Å². The molecule has 0 atom stereocenters. The molecule has 3 heteroatoms. The van der Waals surface area contributed by atoms with Crippen LogP contribution in [0.5, 0.6) is 5.88 Å². The van der Waals surface area contributed by atoms with E-state index in [-0.39, 0.29) is 0 Å². The van der Waals surface area contributed by atoms with Gasteiger partial charge >= 0.3 is 0 Å². The molecule has 0 saturated carbocycles. The fourth-order valence-electron chi connectivity index (χ4n) is 1.20. The van der Waals surface area contributed by atoms with Gasteiger partial charge in [0.05, 0.1) is 6.61 Å². The van der Waals surface area contributed by atoms with Crippen molar-refractivity contribution in [2.24, 2.45) is 5.73 Å². The van der Waals surface area contributed by atoms with E-state index in [0.29, 0.717) is 19.0 Å².